The maximum atomic E-state index is 12.7. The number of aryl methyl sites for hydroxylation is 1. The third-order valence-electron chi connectivity index (χ3n) is 5.53. The van der Waals surface area contributed by atoms with Crippen molar-refractivity contribution in [3.63, 3.8) is 0 Å². The van der Waals surface area contributed by atoms with E-state index >= 15 is 0 Å². The summed E-state index contributed by atoms with van der Waals surface area (Å²) in [6, 6.07) is 22.1. The molecule has 168 valence electrons. The number of aromatic hydroxyl groups is 1. The molecule has 0 radical (unpaired) electrons. The Balaban J connectivity index is 1.45. The summed E-state index contributed by atoms with van der Waals surface area (Å²) < 4.78 is 1.98. The van der Waals surface area contributed by atoms with Crippen LogP contribution < -0.4 is 5.32 Å². The highest BCUT2D eigenvalue weighted by molar-refractivity contribution is 5.98. The molecule has 0 spiro atoms. The van der Waals surface area contributed by atoms with Gasteiger partial charge in [-0.05, 0) is 36.8 Å². The number of rotatable bonds is 7. The zero-order chi connectivity index (χ0) is 23.3. The van der Waals surface area contributed by atoms with Crippen LogP contribution in [-0.4, -0.2) is 37.1 Å². The van der Waals surface area contributed by atoms with E-state index in [2.05, 4.69) is 10.3 Å². The quantitative estimate of drug-likeness (QED) is 0.352. The molecule has 0 fully saturated rings. The Bertz CT molecular complexity index is 1430. The molecule has 2 heterocycles. The van der Waals surface area contributed by atoms with Crippen molar-refractivity contribution in [2.24, 2.45) is 0 Å². The molecule has 0 aliphatic heterocycles. The largest absolute Gasteiger partial charge is 0.508 e. The van der Waals surface area contributed by atoms with Crippen LogP contribution in [0.15, 0.2) is 91.5 Å². The summed E-state index contributed by atoms with van der Waals surface area (Å²) in [5.74, 6) is 0.0196. The number of fused-ring (bicyclic) bond motifs is 1. The molecule has 7 heteroatoms. The number of phenols is 1. The summed E-state index contributed by atoms with van der Waals surface area (Å²) in [5.41, 5.74) is 4.89. The first-order chi connectivity index (χ1) is 16.7. The van der Waals surface area contributed by atoms with Crippen molar-refractivity contribution in [3.8, 4) is 28.3 Å². The lowest BCUT2D eigenvalue weighted by molar-refractivity contribution is 0.0953. The smallest absolute Gasteiger partial charge is 0.251 e. The Morgan fingerprint density at radius 1 is 0.882 bits per heavy atom. The van der Waals surface area contributed by atoms with Crippen LogP contribution in [0.25, 0.3) is 33.5 Å². The first-order valence-corrected chi connectivity index (χ1v) is 11.1. The summed E-state index contributed by atoms with van der Waals surface area (Å²) in [7, 11) is 0. The number of nitrogens with zero attached hydrogens (tertiary/aromatic N) is 4. The van der Waals surface area contributed by atoms with Gasteiger partial charge in [0.05, 0.1) is 28.7 Å². The van der Waals surface area contributed by atoms with Crippen LogP contribution in [0, 0.1) is 0 Å². The van der Waals surface area contributed by atoms with Crippen molar-refractivity contribution in [2.75, 3.05) is 6.54 Å². The molecule has 0 saturated carbocycles. The van der Waals surface area contributed by atoms with Crippen molar-refractivity contribution in [1.29, 1.82) is 0 Å². The minimum atomic E-state index is -0.146. The lowest BCUT2D eigenvalue weighted by atomic mass is 10.0. The fourth-order valence-electron chi connectivity index (χ4n) is 3.83. The molecule has 0 atom stereocenters. The molecule has 5 aromatic rings. The number of hydrogen-bond acceptors (Lipinski definition) is 5. The Labute approximate surface area is 196 Å². The molecule has 5 rings (SSSR count). The number of carbonyl (C=O) groups is 1. The minimum Gasteiger partial charge on any atom is -0.508 e. The van der Waals surface area contributed by atoms with Gasteiger partial charge in [0.25, 0.3) is 5.91 Å². The van der Waals surface area contributed by atoms with Gasteiger partial charge in [-0.1, -0.05) is 42.5 Å². The van der Waals surface area contributed by atoms with Gasteiger partial charge in [-0.3, -0.25) is 4.79 Å². The van der Waals surface area contributed by atoms with Crippen molar-refractivity contribution in [3.05, 3.63) is 97.1 Å². The van der Waals surface area contributed by atoms with Crippen LogP contribution in [0.1, 0.15) is 16.8 Å². The van der Waals surface area contributed by atoms with Gasteiger partial charge in [0.15, 0.2) is 0 Å². The van der Waals surface area contributed by atoms with E-state index < -0.39 is 0 Å². The highest BCUT2D eigenvalue weighted by atomic mass is 16.3. The Hall–Kier alpha value is -4.52. The molecule has 2 aromatic heterocycles. The highest BCUT2D eigenvalue weighted by Crippen LogP contribution is 2.32. The molecule has 1 amide bonds. The Morgan fingerprint density at radius 3 is 2.47 bits per heavy atom. The summed E-state index contributed by atoms with van der Waals surface area (Å²) >= 11 is 0. The van der Waals surface area contributed by atoms with E-state index in [-0.39, 0.29) is 11.7 Å². The van der Waals surface area contributed by atoms with Gasteiger partial charge in [-0.2, -0.15) is 0 Å². The third-order valence-corrected chi connectivity index (χ3v) is 5.53. The van der Waals surface area contributed by atoms with Gasteiger partial charge in [-0.15, -0.1) is 0 Å². The average molecular weight is 450 g/mol. The number of phenolic OH excluding ortho intramolecular Hbond substituents is 1. The van der Waals surface area contributed by atoms with Gasteiger partial charge < -0.3 is 15.0 Å². The normalized spacial score (nSPS) is 10.9. The van der Waals surface area contributed by atoms with Crippen LogP contribution in [0.3, 0.4) is 0 Å². The molecule has 0 saturated heterocycles. The lowest BCUT2D eigenvalue weighted by Gasteiger charge is -2.12. The van der Waals surface area contributed by atoms with Gasteiger partial charge in [-0.25, -0.2) is 15.0 Å². The lowest BCUT2D eigenvalue weighted by Crippen LogP contribution is -2.25. The molecule has 0 aliphatic carbocycles. The number of hydrogen-bond donors (Lipinski definition) is 2. The van der Waals surface area contributed by atoms with E-state index in [0.29, 0.717) is 34.5 Å². The van der Waals surface area contributed by atoms with Crippen LogP contribution in [0.4, 0.5) is 0 Å². The van der Waals surface area contributed by atoms with Crippen molar-refractivity contribution in [2.45, 2.75) is 13.0 Å². The molecule has 0 aliphatic rings. The summed E-state index contributed by atoms with van der Waals surface area (Å²) in [6.07, 6.45) is 6.21. The average Bonchev–Trinajstić information content (AvgIpc) is 3.39. The Kier molecular flexibility index (Phi) is 5.99. The van der Waals surface area contributed by atoms with Crippen molar-refractivity contribution in [1.82, 2.24) is 24.8 Å². The monoisotopic (exact) mass is 449 g/mol. The minimum absolute atomic E-state index is 0.146. The van der Waals surface area contributed by atoms with E-state index in [1.807, 2.05) is 53.2 Å². The first kappa shape index (κ1) is 21.3. The summed E-state index contributed by atoms with van der Waals surface area (Å²) in [4.78, 5) is 26.5. The molecular weight excluding hydrogens is 426 g/mol. The fraction of sp³-hybridized carbons (Fsp3) is 0.111. The molecule has 2 N–H and O–H groups in total. The van der Waals surface area contributed by atoms with Crippen LogP contribution in [0.5, 0.6) is 5.75 Å². The van der Waals surface area contributed by atoms with Gasteiger partial charge in [0.1, 0.15) is 5.75 Å². The Morgan fingerprint density at radius 2 is 1.68 bits per heavy atom. The molecule has 3 aromatic carbocycles. The van der Waals surface area contributed by atoms with E-state index in [1.54, 1.807) is 42.9 Å². The zero-order valence-electron chi connectivity index (χ0n) is 18.4. The highest BCUT2D eigenvalue weighted by Gasteiger charge is 2.15. The maximum Gasteiger partial charge on any atom is 0.251 e. The van der Waals surface area contributed by atoms with Crippen molar-refractivity contribution >= 4 is 16.9 Å². The number of benzene rings is 3. The number of imidazole rings is 1. The van der Waals surface area contributed by atoms with Crippen LogP contribution >= 0.6 is 0 Å². The number of carbonyl (C=O) groups excluding carboxylic acids is 1. The van der Waals surface area contributed by atoms with Crippen LogP contribution in [-0.2, 0) is 6.54 Å². The first-order valence-electron chi connectivity index (χ1n) is 11.1. The second-order valence-electron chi connectivity index (χ2n) is 7.95. The second kappa shape index (κ2) is 9.54. The number of amides is 1. The standard InChI is InChI=1S/C27H23N5O2/c33-22-9-4-8-20(16-22)26-25(19-6-2-1-3-7-19)31-24-17-21(10-11-23(24)30-26)27(34)29-12-5-14-32-15-13-28-18-32/h1-4,6-11,13,15-18,33H,5,12,14H2,(H,29,34). The van der Waals surface area contributed by atoms with Crippen LogP contribution in [0.2, 0.25) is 0 Å². The molecular formula is C27H23N5O2. The summed E-state index contributed by atoms with van der Waals surface area (Å²) in [5, 5.41) is 13.0. The van der Waals surface area contributed by atoms with E-state index in [9.17, 15) is 9.90 Å². The molecule has 0 bridgehead atoms. The SMILES string of the molecule is O=C(NCCCn1ccnc1)c1ccc2nc(-c3cccc(O)c3)c(-c3ccccc3)nc2c1. The molecule has 0 unspecified atom stereocenters. The van der Waals surface area contributed by atoms with E-state index in [1.165, 1.54) is 0 Å². The summed E-state index contributed by atoms with van der Waals surface area (Å²) in [6.45, 7) is 1.36. The third kappa shape index (κ3) is 4.63. The van der Waals surface area contributed by atoms with E-state index in [0.717, 1.165) is 24.1 Å². The number of aromatic nitrogens is 4. The van der Waals surface area contributed by atoms with Gasteiger partial charge >= 0.3 is 0 Å². The van der Waals surface area contributed by atoms with Gasteiger partial charge in [0, 0.05) is 42.2 Å². The topological polar surface area (TPSA) is 92.9 Å². The number of nitrogens with one attached hydrogen (secondary N) is 1. The van der Waals surface area contributed by atoms with E-state index in [4.69, 9.17) is 9.97 Å². The van der Waals surface area contributed by atoms with Crippen molar-refractivity contribution < 1.29 is 9.90 Å². The molecule has 34 heavy (non-hydrogen) atoms. The second-order valence-corrected chi connectivity index (χ2v) is 7.95. The molecule has 7 nitrogen and oxygen atoms in total. The van der Waals surface area contributed by atoms with Gasteiger partial charge in [0.2, 0.25) is 0 Å². The maximum absolute atomic E-state index is 12.7. The fourth-order valence-corrected chi connectivity index (χ4v) is 3.83. The zero-order valence-corrected chi connectivity index (χ0v) is 18.4. The predicted octanol–water partition coefficient (Wildman–Crippen LogP) is 4.69. The predicted molar refractivity (Wildman–Crippen MR) is 131 cm³/mol.